The molecule has 0 fully saturated rings. The molecule has 0 saturated heterocycles. The fourth-order valence-corrected chi connectivity index (χ4v) is 2.76. The van der Waals surface area contributed by atoms with Crippen molar-refractivity contribution in [3.05, 3.63) is 22.7 Å². The molecule has 2 heterocycles. The highest BCUT2D eigenvalue weighted by atomic mass is 32.1. The second kappa shape index (κ2) is 4.19. The molecule has 0 saturated carbocycles. The predicted molar refractivity (Wildman–Crippen MR) is 64.9 cm³/mol. The van der Waals surface area contributed by atoms with E-state index in [-0.39, 0.29) is 0 Å². The van der Waals surface area contributed by atoms with Crippen LogP contribution in [0.15, 0.2) is 12.1 Å². The third-order valence-electron chi connectivity index (χ3n) is 2.33. The Balaban J connectivity index is 0.000000404. The molecule has 3 rings (SSSR count). The molecule has 0 radical (unpaired) electrons. The number of thiazole rings is 1. The molecule has 0 spiro atoms. The predicted octanol–water partition coefficient (Wildman–Crippen LogP) is 3.57. The number of aryl methyl sites for hydroxylation is 1. The largest absolute Gasteiger partial charge is 0.493 e. The first kappa shape index (κ1) is 10.4. The van der Waals surface area contributed by atoms with E-state index >= 15 is 0 Å². The zero-order valence-electron chi connectivity index (χ0n) is 9.33. The van der Waals surface area contributed by atoms with Crippen LogP contribution in [0.5, 0.6) is 5.75 Å². The SMILES string of the molecule is CC.Cc1nc2ccc3c(c2s1)CCO3. The van der Waals surface area contributed by atoms with Gasteiger partial charge in [-0.25, -0.2) is 4.98 Å². The molecule has 15 heavy (non-hydrogen) atoms. The Bertz CT molecular complexity index is 476. The number of hydrogen-bond donors (Lipinski definition) is 0. The van der Waals surface area contributed by atoms with E-state index in [1.54, 1.807) is 11.3 Å². The van der Waals surface area contributed by atoms with Crippen LogP contribution in [0.25, 0.3) is 10.2 Å². The number of nitrogens with zero attached hydrogens (tertiary/aromatic N) is 1. The van der Waals surface area contributed by atoms with Crippen LogP contribution < -0.4 is 4.74 Å². The number of hydrogen-bond acceptors (Lipinski definition) is 3. The maximum atomic E-state index is 5.49. The number of fused-ring (bicyclic) bond motifs is 3. The smallest absolute Gasteiger partial charge is 0.124 e. The van der Waals surface area contributed by atoms with Crippen molar-refractivity contribution < 1.29 is 4.74 Å². The lowest BCUT2D eigenvalue weighted by molar-refractivity contribution is 0.357. The summed E-state index contributed by atoms with van der Waals surface area (Å²) in [7, 11) is 0. The molecule has 0 bridgehead atoms. The van der Waals surface area contributed by atoms with Gasteiger partial charge < -0.3 is 4.74 Å². The lowest BCUT2D eigenvalue weighted by Crippen LogP contribution is -1.85. The average Bonchev–Trinajstić information content (AvgIpc) is 2.84. The van der Waals surface area contributed by atoms with Crippen molar-refractivity contribution in [2.75, 3.05) is 6.61 Å². The molecular formula is C12H15NOS. The summed E-state index contributed by atoms with van der Waals surface area (Å²) >= 11 is 1.77. The fraction of sp³-hybridized carbons (Fsp3) is 0.417. The molecule has 0 atom stereocenters. The van der Waals surface area contributed by atoms with Crippen LogP contribution in [0, 0.1) is 6.92 Å². The summed E-state index contributed by atoms with van der Waals surface area (Å²) in [5, 5.41) is 1.13. The molecule has 0 amide bonds. The van der Waals surface area contributed by atoms with Gasteiger partial charge in [0.15, 0.2) is 0 Å². The number of aromatic nitrogens is 1. The van der Waals surface area contributed by atoms with Crippen molar-refractivity contribution in [3.63, 3.8) is 0 Å². The van der Waals surface area contributed by atoms with Gasteiger partial charge in [-0.1, -0.05) is 13.8 Å². The van der Waals surface area contributed by atoms with Crippen molar-refractivity contribution in [2.45, 2.75) is 27.2 Å². The van der Waals surface area contributed by atoms with E-state index in [9.17, 15) is 0 Å². The van der Waals surface area contributed by atoms with E-state index in [0.717, 1.165) is 29.3 Å². The Morgan fingerprint density at radius 1 is 1.33 bits per heavy atom. The summed E-state index contributed by atoms with van der Waals surface area (Å²) in [5.74, 6) is 1.05. The normalized spacial score (nSPS) is 13.0. The van der Waals surface area contributed by atoms with Crippen molar-refractivity contribution in [1.29, 1.82) is 0 Å². The van der Waals surface area contributed by atoms with Crippen molar-refractivity contribution in [1.82, 2.24) is 4.98 Å². The maximum Gasteiger partial charge on any atom is 0.124 e. The molecule has 80 valence electrons. The van der Waals surface area contributed by atoms with Gasteiger partial charge >= 0.3 is 0 Å². The topological polar surface area (TPSA) is 22.1 Å². The summed E-state index contributed by atoms with van der Waals surface area (Å²) in [6.07, 6.45) is 1.04. The van der Waals surface area contributed by atoms with Crippen molar-refractivity contribution in [2.24, 2.45) is 0 Å². The molecule has 1 aromatic heterocycles. The summed E-state index contributed by atoms with van der Waals surface area (Å²) in [6.45, 7) is 6.87. The van der Waals surface area contributed by atoms with Gasteiger partial charge in [0.2, 0.25) is 0 Å². The summed E-state index contributed by atoms with van der Waals surface area (Å²) in [6, 6.07) is 4.08. The van der Waals surface area contributed by atoms with E-state index in [2.05, 4.69) is 4.98 Å². The average molecular weight is 221 g/mol. The highest BCUT2D eigenvalue weighted by Gasteiger charge is 2.16. The zero-order chi connectivity index (χ0) is 10.8. The second-order valence-corrected chi connectivity index (χ2v) is 4.43. The van der Waals surface area contributed by atoms with Crippen LogP contribution in [-0.2, 0) is 6.42 Å². The van der Waals surface area contributed by atoms with Crippen LogP contribution in [0.4, 0.5) is 0 Å². The monoisotopic (exact) mass is 221 g/mol. The van der Waals surface area contributed by atoms with Crippen molar-refractivity contribution in [3.8, 4) is 5.75 Å². The molecular weight excluding hydrogens is 206 g/mol. The Morgan fingerprint density at radius 2 is 2.13 bits per heavy atom. The molecule has 1 aliphatic rings. The second-order valence-electron chi connectivity index (χ2n) is 3.22. The van der Waals surface area contributed by atoms with E-state index < -0.39 is 0 Å². The van der Waals surface area contributed by atoms with Gasteiger partial charge in [0.25, 0.3) is 0 Å². The van der Waals surface area contributed by atoms with Gasteiger partial charge in [0.05, 0.1) is 21.8 Å². The molecule has 2 nitrogen and oxygen atoms in total. The summed E-state index contributed by atoms with van der Waals surface area (Å²) < 4.78 is 6.81. The van der Waals surface area contributed by atoms with Crippen LogP contribution in [-0.4, -0.2) is 11.6 Å². The van der Waals surface area contributed by atoms with Gasteiger partial charge in [-0.05, 0) is 19.1 Å². The first-order valence-electron chi connectivity index (χ1n) is 5.36. The number of benzene rings is 1. The number of ether oxygens (including phenoxy) is 1. The lowest BCUT2D eigenvalue weighted by Gasteiger charge is -1.97. The minimum absolute atomic E-state index is 0.825. The summed E-state index contributed by atoms with van der Waals surface area (Å²) in [5.41, 5.74) is 2.47. The standard InChI is InChI=1S/C10H9NOS.C2H6/c1-6-11-8-2-3-9-7(4-5-12-9)10(8)13-6;1-2/h2-3H,4-5H2,1H3;1-2H3. The molecule has 2 aromatic rings. The van der Waals surface area contributed by atoms with Crippen LogP contribution >= 0.6 is 11.3 Å². The van der Waals surface area contributed by atoms with Crippen LogP contribution in [0.2, 0.25) is 0 Å². The maximum absolute atomic E-state index is 5.49. The molecule has 1 aliphatic heterocycles. The quantitative estimate of drug-likeness (QED) is 0.678. The first-order valence-corrected chi connectivity index (χ1v) is 6.18. The minimum Gasteiger partial charge on any atom is -0.493 e. The van der Waals surface area contributed by atoms with Gasteiger partial charge in [-0.2, -0.15) is 0 Å². The molecule has 1 aromatic carbocycles. The van der Waals surface area contributed by atoms with Gasteiger partial charge in [0.1, 0.15) is 5.75 Å². The van der Waals surface area contributed by atoms with Gasteiger partial charge in [-0.3, -0.25) is 0 Å². The molecule has 0 aliphatic carbocycles. The van der Waals surface area contributed by atoms with Gasteiger partial charge in [0, 0.05) is 12.0 Å². The zero-order valence-corrected chi connectivity index (χ0v) is 10.1. The Hall–Kier alpha value is -1.09. The molecule has 0 unspecified atom stereocenters. The fourth-order valence-electron chi connectivity index (χ4n) is 1.77. The highest BCUT2D eigenvalue weighted by Crippen LogP contribution is 2.35. The number of rotatable bonds is 0. The minimum atomic E-state index is 0.825. The van der Waals surface area contributed by atoms with Crippen LogP contribution in [0.3, 0.4) is 0 Å². The third kappa shape index (κ3) is 1.72. The first-order chi connectivity index (χ1) is 7.34. The Kier molecular flexibility index (Phi) is 2.91. The lowest BCUT2D eigenvalue weighted by atomic mass is 10.1. The van der Waals surface area contributed by atoms with E-state index in [4.69, 9.17) is 4.74 Å². The Morgan fingerprint density at radius 3 is 2.93 bits per heavy atom. The third-order valence-corrected chi connectivity index (χ3v) is 3.38. The molecule has 3 heteroatoms. The summed E-state index contributed by atoms with van der Waals surface area (Å²) in [4.78, 5) is 4.45. The van der Waals surface area contributed by atoms with E-state index in [1.165, 1.54) is 10.3 Å². The van der Waals surface area contributed by atoms with E-state index in [0.29, 0.717) is 0 Å². The van der Waals surface area contributed by atoms with Gasteiger partial charge in [-0.15, -0.1) is 11.3 Å². The molecule has 0 N–H and O–H groups in total. The van der Waals surface area contributed by atoms with Crippen molar-refractivity contribution >= 4 is 21.6 Å². The van der Waals surface area contributed by atoms with E-state index in [1.807, 2.05) is 32.9 Å². The highest BCUT2D eigenvalue weighted by molar-refractivity contribution is 7.18. The Labute approximate surface area is 93.9 Å². The van der Waals surface area contributed by atoms with Crippen LogP contribution in [0.1, 0.15) is 24.4 Å².